The van der Waals surface area contributed by atoms with Crippen LogP contribution in [0.3, 0.4) is 0 Å². The normalized spacial score (nSPS) is 17.7. The second kappa shape index (κ2) is 6.77. The summed E-state index contributed by atoms with van der Waals surface area (Å²) in [6.07, 6.45) is 0.221. The van der Waals surface area contributed by atoms with Crippen LogP contribution in [0.5, 0.6) is 0 Å². The molecule has 0 bridgehead atoms. The SMILES string of the molecule is C=C.CC1(C)c2ccccc2N2c3cc4ccccc4cc3N(c3ccccc3)C21. The lowest BCUT2D eigenvalue weighted by Gasteiger charge is -2.36. The second-order valence-corrected chi connectivity index (χ2v) is 8.38. The van der Waals surface area contributed by atoms with Gasteiger partial charge < -0.3 is 9.80 Å². The van der Waals surface area contributed by atoms with Gasteiger partial charge in [-0.1, -0.05) is 74.5 Å². The van der Waals surface area contributed by atoms with Crippen molar-refractivity contribution in [3.63, 3.8) is 0 Å². The van der Waals surface area contributed by atoms with Crippen molar-refractivity contribution in [2.45, 2.75) is 25.4 Å². The molecule has 0 aliphatic carbocycles. The Morgan fingerprint density at radius 1 is 0.633 bits per heavy atom. The van der Waals surface area contributed by atoms with E-state index >= 15 is 0 Å². The van der Waals surface area contributed by atoms with E-state index in [2.05, 4.69) is 128 Å². The van der Waals surface area contributed by atoms with E-state index in [0.29, 0.717) is 0 Å². The van der Waals surface area contributed by atoms with Crippen molar-refractivity contribution in [1.29, 1.82) is 0 Å². The van der Waals surface area contributed by atoms with E-state index in [9.17, 15) is 0 Å². The Hall–Kier alpha value is -3.52. The minimum atomic E-state index is -0.00234. The summed E-state index contributed by atoms with van der Waals surface area (Å²) in [4.78, 5) is 5.08. The summed E-state index contributed by atoms with van der Waals surface area (Å²) in [5.74, 6) is 0. The van der Waals surface area contributed by atoms with Crippen molar-refractivity contribution in [2.24, 2.45) is 0 Å². The molecule has 2 aliphatic rings. The zero-order chi connectivity index (χ0) is 20.9. The number of hydrogen-bond donors (Lipinski definition) is 0. The molecular formula is C28H26N2. The first-order chi connectivity index (χ1) is 14.7. The van der Waals surface area contributed by atoms with E-state index < -0.39 is 0 Å². The fraction of sp³-hybridized carbons (Fsp3) is 0.143. The second-order valence-electron chi connectivity index (χ2n) is 8.38. The van der Waals surface area contributed by atoms with Crippen LogP contribution in [0, 0.1) is 0 Å². The van der Waals surface area contributed by atoms with Gasteiger partial charge in [0.2, 0.25) is 0 Å². The molecule has 2 nitrogen and oxygen atoms in total. The Morgan fingerprint density at radius 2 is 1.17 bits per heavy atom. The first-order valence-corrected chi connectivity index (χ1v) is 10.4. The van der Waals surface area contributed by atoms with E-state index in [4.69, 9.17) is 0 Å². The molecule has 4 aromatic carbocycles. The van der Waals surface area contributed by atoms with E-state index in [1.54, 1.807) is 0 Å². The van der Waals surface area contributed by atoms with Gasteiger partial charge in [-0.05, 0) is 46.7 Å². The number of nitrogens with zero attached hydrogens (tertiary/aromatic N) is 2. The smallest absolute Gasteiger partial charge is 0.120 e. The monoisotopic (exact) mass is 390 g/mol. The Bertz CT molecular complexity index is 1190. The molecule has 0 fully saturated rings. The van der Waals surface area contributed by atoms with E-state index in [1.807, 2.05) is 0 Å². The molecule has 30 heavy (non-hydrogen) atoms. The highest BCUT2D eigenvalue weighted by atomic mass is 15.4. The van der Waals surface area contributed by atoms with Crippen LogP contribution in [0.1, 0.15) is 19.4 Å². The maximum absolute atomic E-state index is 3.00. The molecule has 148 valence electrons. The summed E-state index contributed by atoms with van der Waals surface area (Å²) < 4.78 is 0. The third kappa shape index (κ3) is 2.43. The maximum Gasteiger partial charge on any atom is 0.120 e. The Kier molecular flexibility index (Phi) is 4.18. The van der Waals surface area contributed by atoms with Crippen LogP contribution >= 0.6 is 0 Å². The quantitative estimate of drug-likeness (QED) is 0.310. The number of hydrogen-bond acceptors (Lipinski definition) is 2. The molecule has 0 aromatic heterocycles. The summed E-state index contributed by atoms with van der Waals surface area (Å²) in [6.45, 7) is 10.7. The summed E-state index contributed by atoms with van der Waals surface area (Å²) in [6, 6.07) is 33.1. The fourth-order valence-corrected chi connectivity index (χ4v) is 5.12. The van der Waals surface area contributed by atoms with Crippen LogP contribution in [-0.4, -0.2) is 6.17 Å². The predicted octanol–water partition coefficient (Wildman–Crippen LogP) is 7.55. The topological polar surface area (TPSA) is 6.48 Å². The van der Waals surface area contributed by atoms with Crippen LogP contribution in [0.2, 0.25) is 0 Å². The molecule has 0 amide bonds. The number of anilines is 4. The van der Waals surface area contributed by atoms with Gasteiger partial charge in [0.25, 0.3) is 0 Å². The van der Waals surface area contributed by atoms with Crippen molar-refractivity contribution in [1.82, 2.24) is 0 Å². The highest BCUT2D eigenvalue weighted by Gasteiger charge is 2.53. The average molecular weight is 391 g/mol. The standard InChI is InChI=1S/C26H22N2.C2H4/c1-26(2)21-14-8-9-15-22(21)28-24-17-19-11-7-6-10-18(19)16-23(24)27(25(26)28)20-12-4-3-5-13-20;1-2/h3-17,25H,1-2H3;1-2H2. The molecule has 0 spiro atoms. The highest BCUT2D eigenvalue weighted by Crippen LogP contribution is 2.59. The van der Waals surface area contributed by atoms with E-state index in [1.165, 1.54) is 39.1 Å². The summed E-state index contributed by atoms with van der Waals surface area (Å²) in [5, 5.41) is 2.58. The van der Waals surface area contributed by atoms with Gasteiger partial charge in [-0.3, -0.25) is 0 Å². The first-order valence-electron chi connectivity index (χ1n) is 10.4. The van der Waals surface area contributed by atoms with Gasteiger partial charge in [-0.25, -0.2) is 0 Å². The molecule has 2 heteroatoms. The summed E-state index contributed by atoms with van der Waals surface area (Å²) >= 11 is 0. The zero-order valence-electron chi connectivity index (χ0n) is 17.5. The lowest BCUT2D eigenvalue weighted by Crippen LogP contribution is -2.46. The molecule has 1 unspecified atom stereocenters. The minimum Gasteiger partial charge on any atom is -0.317 e. The van der Waals surface area contributed by atoms with E-state index in [-0.39, 0.29) is 11.6 Å². The molecular weight excluding hydrogens is 364 g/mol. The number of para-hydroxylation sites is 2. The molecule has 2 aliphatic heterocycles. The zero-order valence-corrected chi connectivity index (χ0v) is 17.5. The van der Waals surface area contributed by atoms with Gasteiger partial charge in [0.05, 0.1) is 11.4 Å². The number of benzene rings is 4. The highest BCUT2D eigenvalue weighted by molar-refractivity contribution is 6.00. The lowest BCUT2D eigenvalue weighted by molar-refractivity contribution is 0.451. The van der Waals surface area contributed by atoms with Crippen molar-refractivity contribution in [3.8, 4) is 0 Å². The average Bonchev–Trinajstić information content (AvgIpc) is 3.25. The van der Waals surface area contributed by atoms with Gasteiger partial charge >= 0.3 is 0 Å². The minimum absolute atomic E-state index is 0.00234. The maximum atomic E-state index is 3.00. The third-order valence-corrected chi connectivity index (χ3v) is 6.39. The molecule has 1 atom stereocenters. The Morgan fingerprint density at radius 3 is 1.83 bits per heavy atom. The predicted molar refractivity (Wildman–Crippen MR) is 129 cm³/mol. The molecule has 4 aromatic rings. The van der Waals surface area contributed by atoms with Gasteiger partial charge in [0.1, 0.15) is 6.17 Å². The van der Waals surface area contributed by atoms with Crippen molar-refractivity contribution in [2.75, 3.05) is 9.80 Å². The van der Waals surface area contributed by atoms with Crippen molar-refractivity contribution < 1.29 is 0 Å². The van der Waals surface area contributed by atoms with Gasteiger partial charge in [0.15, 0.2) is 0 Å². The molecule has 0 N–H and O–H groups in total. The molecule has 0 saturated carbocycles. The number of fused-ring (bicyclic) bond motifs is 6. The third-order valence-electron chi connectivity index (χ3n) is 6.39. The van der Waals surface area contributed by atoms with Crippen LogP contribution in [-0.2, 0) is 5.41 Å². The van der Waals surface area contributed by atoms with Crippen LogP contribution in [0.25, 0.3) is 10.8 Å². The van der Waals surface area contributed by atoms with Crippen molar-refractivity contribution >= 4 is 33.5 Å². The molecule has 6 rings (SSSR count). The van der Waals surface area contributed by atoms with Crippen LogP contribution in [0.4, 0.5) is 22.7 Å². The van der Waals surface area contributed by atoms with Gasteiger partial charge in [0, 0.05) is 16.8 Å². The van der Waals surface area contributed by atoms with Crippen LogP contribution < -0.4 is 9.80 Å². The van der Waals surface area contributed by atoms with Crippen molar-refractivity contribution in [3.05, 3.63) is 110 Å². The van der Waals surface area contributed by atoms with Crippen LogP contribution in [0.15, 0.2) is 104 Å². The molecule has 2 heterocycles. The Labute approximate surface area is 178 Å². The molecule has 0 saturated heterocycles. The molecule has 0 radical (unpaired) electrons. The summed E-state index contributed by atoms with van der Waals surface area (Å²) in [5.41, 5.74) is 6.57. The van der Waals surface area contributed by atoms with E-state index in [0.717, 1.165) is 0 Å². The number of rotatable bonds is 1. The first kappa shape index (κ1) is 18.5. The lowest BCUT2D eigenvalue weighted by atomic mass is 9.83. The fourth-order valence-electron chi connectivity index (χ4n) is 5.12. The largest absolute Gasteiger partial charge is 0.317 e. The summed E-state index contributed by atoms with van der Waals surface area (Å²) in [7, 11) is 0. The van der Waals surface area contributed by atoms with Gasteiger partial charge in [-0.2, -0.15) is 0 Å². The Balaban J connectivity index is 0.000000937. The van der Waals surface area contributed by atoms with Gasteiger partial charge in [-0.15, -0.1) is 13.2 Å².